The molecule has 22 heavy (non-hydrogen) atoms. The molecule has 1 N–H and O–H groups in total. The third-order valence-electron chi connectivity index (χ3n) is 5.08. The number of halogens is 1. The summed E-state index contributed by atoms with van der Waals surface area (Å²) in [5.41, 5.74) is 0.798. The molecule has 2 heterocycles. The van der Waals surface area contributed by atoms with Gasteiger partial charge in [0.05, 0.1) is 6.61 Å². The molecule has 1 aromatic carbocycles. The zero-order valence-corrected chi connectivity index (χ0v) is 14.3. The van der Waals surface area contributed by atoms with Gasteiger partial charge in [0, 0.05) is 16.6 Å². The van der Waals surface area contributed by atoms with E-state index in [0.29, 0.717) is 12.1 Å². The lowest BCUT2D eigenvalue weighted by Gasteiger charge is -2.36. The number of hydrogen-bond donors (Lipinski definition) is 1. The van der Waals surface area contributed by atoms with Crippen molar-refractivity contribution in [2.24, 2.45) is 0 Å². The first-order valence-corrected chi connectivity index (χ1v) is 8.66. The minimum absolute atomic E-state index is 0.00861. The van der Waals surface area contributed by atoms with Gasteiger partial charge >= 0.3 is 5.97 Å². The average Bonchev–Trinajstić information content (AvgIpc) is 2.72. The van der Waals surface area contributed by atoms with Gasteiger partial charge in [-0.3, -0.25) is 4.79 Å². The smallest absolute Gasteiger partial charge is 0.316 e. The summed E-state index contributed by atoms with van der Waals surface area (Å²) in [6.07, 6.45) is 4.22. The van der Waals surface area contributed by atoms with Crippen LogP contribution in [0.5, 0.6) is 0 Å². The van der Waals surface area contributed by atoms with E-state index in [2.05, 4.69) is 27.9 Å². The maximum atomic E-state index is 12.4. The summed E-state index contributed by atoms with van der Waals surface area (Å²) in [6, 6.07) is 8.53. The van der Waals surface area contributed by atoms with Crippen molar-refractivity contribution >= 4 is 21.9 Å². The highest BCUT2D eigenvalue weighted by Crippen LogP contribution is 2.36. The Morgan fingerprint density at radius 2 is 1.91 bits per heavy atom. The fourth-order valence-electron chi connectivity index (χ4n) is 3.72. The Kier molecular flexibility index (Phi) is 4.85. The number of esters is 1. The van der Waals surface area contributed by atoms with Gasteiger partial charge in [-0.15, -0.1) is 0 Å². The van der Waals surface area contributed by atoms with E-state index in [1.165, 1.54) is 12.8 Å². The molecule has 2 aliphatic rings. The fraction of sp³-hybridized carbons (Fsp3) is 0.588. The molecule has 2 bridgehead atoms. The number of carbonyl (C=O) groups is 1. The molecule has 1 aromatic rings. The summed E-state index contributed by atoms with van der Waals surface area (Å²) >= 11 is 3.38. The molecule has 4 atom stereocenters. The second kappa shape index (κ2) is 6.69. The van der Waals surface area contributed by atoms with E-state index >= 15 is 0 Å². The van der Waals surface area contributed by atoms with Gasteiger partial charge in [-0.25, -0.2) is 0 Å². The Morgan fingerprint density at radius 1 is 1.32 bits per heavy atom. The molecule has 0 aliphatic carbocycles. The molecular weight excluding hydrogens is 346 g/mol. The van der Waals surface area contributed by atoms with Crippen LogP contribution < -0.4 is 0 Å². The van der Waals surface area contributed by atoms with Crippen molar-refractivity contribution in [1.29, 1.82) is 0 Å². The second-order valence-corrected chi connectivity index (χ2v) is 7.28. The summed E-state index contributed by atoms with van der Waals surface area (Å²) in [7, 11) is 2.17. The van der Waals surface area contributed by atoms with Gasteiger partial charge in [0.2, 0.25) is 0 Å². The van der Waals surface area contributed by atoms with E-state index in [0.717, 1.165) is 22.9 Å². The number of hydrogen-bond acceptors (Lipinski definition) is 4. The van der Waals surface area contributed by atoms with Crippen molar-refractivity contribution in [2.75, 3.05) is 13.7 Å². The van der Waals surface area contributed by atoms with Crippen LogP contribution in [0.1, 0.15) is 37.2 Å². The number of rotatable bonds is 4. The first kappa shape index (κ1) is 16.0. The van der Waals surface area contributed by atoms with Crippen LogP contribution in [0.15, 0.2) is 28.7 Å². The normalized spacial score (nSPS) is 29.3. The number of fused-ring (bicyclic) bond motifs is 2. The molecule has 0 spiro atoms. The molecule has 5 heteroatoms. The van der Waals surface area contributed by atoms with Gasteiger partial charge in [-0.1, -0.05) is 28.1 Å². The molecule has 4 nitrogen and oxygen atoms in total. The lowest BCUT2D eigenvalue weighted by molar-refractivity contribution is -0.155. The number of nitrogens with zero attached hydrogens (tertiary/aromatic N) is 1. The van der Waals surface area contributed by atoms with Gasteiger partial charge in [0.15, 0.2) is 0 Å². The van der Waals surface area contributed by atoms with Gasteiger partial charge in [0.1, 0.15) is 12.0 Å². The third-order valence-corrected chi connectivity index (χ3v) is 5.61. The van der Waals surface area contributed by atoms with E-state index in [-0.39, 0.29) is 18.7 Å². The van der Waals surface area contributed by atoms with Crippen molar-refractivity contribution < 1.29 is 14.6 Å². The van der Waals surface area contributed by atoms with Crippen LogP contribution in [0.25, 0.3) is 0 Å². The quantitative estimate of drug-likeness (QED) is 0.831. The van der Waals surface area contributed by atoms with E-state index < -0.39 is 5.92 Å². The molecule has 0 aromatic heterocycles. The monoisotopic (exact) mass is 367 g/mol. The van der Waals surface area contributed by atoms with Crippen LogP contribution in [0, 0.1) is 0 Å². The first-order valence-electron chi connectivity index (χ1n) is 7.87. The summed E-state index contributed by atoms with van der Waals surface area (Å²) in [4.78, 5) is 14.9. The zero-order chi connectivity index (χ0) is 15.7. The van der Waals surface area contributed by atoms with Gasteiger partial charge in [-0.05, 0) is 50.4 Å². The first-order chi connectivity index (χ1) is 10.6. The van der Waals surface area contributed by atoms with Gasteiger partial charge in [-0.2, -0.15) is 0 Å². The number of aliphatic hydroxyl groups is 1. The predicted octanol–water partition coefficient (Wildman–Crippen LogP) is 2.69. The van der Waals surface area contributed by atoms with E-state index in [9.17, 15) is 9.90 Å². The Balaban J connectivity index is 1.64. The average molecular weight is 368 g/mol. The van der Waals surface area contributed by atoms with E-state index in [1.807, 2.05) is 24.3 Å². The van der Waals surface area contributed by atoms with Crippen LogP contribution in [0.3, 0.4) is 0 Å². The molecule has 1 unspecified atom stereocenters. The SMILES string of the molecule is CN1[C@@H]2CC[C@H]1CC(OC(=O)[C@H](CO)c1ccc(Br)cc1)C2. The van der Waals surface area contributed by atoms with Crippen molar-refractivity contribution in [3.63, 3.8) is 0 Å². The van der Waals surface area contributed by atoms with Gasteiger partial charge in [0.25, 0.3) is 0 Å². The highest BCUT2D eigenvalue weighted by Gasteiger charge is 2.40. The second-order valence-electron chi connectivity index (χ2n) is 6.37. The van der Waals surface area contributed by atoms with Crippen LogP contribution in [0.4, 0.5) is 0 Å². The summed E-state index contributed by atoms with van der Waals surface area (Å²) in [5, 5.41) is 9.59. The minimum atomic E-state index is -0.592. The fourth-order valence-corrected chi connectivity index (χ4v) is 3.98. The van der Waals surface area contributed by atoms with Crippen molar-refractivity contribution in [3.05, 3.63) is 34.3 Å². The Hall–Kier alpha value is -0.910. The van der Waals surface area contributed by atoms with Crippen molar-refractivity contribution in [3.8, 4) is 0 Å². The molecule has 2 saturated heterocycles. The van der Waals surface area contributed by atoms with Gasteiger partial charge < -0.3 is 14.7 Å². The van der Waals surface area contributed by atoms with Crippen LogP contribution in [-0.2, 0) is 9.53 Å². The Bertz CT molecular complexity index is 519. The third kappa shape index (κ3) is 3.21. The van der Waals surface area contributed by atoms with Crippen molar-refractivity contribution in [2.45, 2.75) is 49.8 Å². The molecule has 0 radical (unpaired) electrons. The lowest BCUT2D eigenvalue weighted by Crippen LogP contribution is -2.43. The zero-order valence-electron chi connectivity index (χ0n) is 12.7. The van der Waals surface area contributed by atoms with E-state index in [4.69, 9.17) is 4.74 Å². The molecule has 0 saturated carbocycles. The van der Waals surface area contributed by atoms with E-state index in [1.54, 1.807) is 0 Å². The number of carbonyl (C=O) groups excluding carboxylic acids is 1. The van der Waals surface area contributed by atoms with Crippen LogP contribution >= 0.6 is 15.9 Å². The molecule has 0 amide bonds. The topological polar surface area (TPSA) is 49.8 Å². The number of aliphatic hydroxyl groups excluding tert-OH is 1. The highest BCUT2D eigenvalue weighted by molar-refractivity contribution is 9.10. The largest absolute Gasteiger partial charge is 0.462 e. The Morgan fingerprint density at radius 3 is 2.45 bits per heavy atom. The summed E-state index contributed by atoms with van der Waals surface area (Å²) < 4.78 is 6.67. The molecule has 2 aliphatic heterocycles. The number of ether oxygens (including phenoxy) is 1. The Labute approximate surface area is 139 Å². The van der Waals surface area contributed by atoms with Crippen LogP contribution in [-0.4, -0.2) is 47.8 Å². The predicted molar refractivity (Wildman–Crippen MR) is 87.7 cm³/mol. The highest BCUT2D eigenvalue weighted by atomic mass is 79.9. The lowest BCUT2D eigenvalue weighted by atomic mass is 9.98. The molecule has 120 valence electrons. The number of piperidine rings is 1. The maximum Gasteiger partial charge on any atom is 0.316 e. The summed E-state index contributed by atoms with van der Waals surface area (Å²) in [5.74, 6) is -0.899. The number of benzene rings is 1. The summed E-state index contributed by atoms with van der Waals surface area (Å²) in [6.45, 7) is -0.222. The molecular formula is C17H22BrNO3. The molecule has 2 fully saturated rings. The van der Waals surface area contributed by atoms with Crippen LogP contribution in [0.2, 0.25) is 0 Å². The van der Waals surface area contributed by atoms with Crippen molar-refractivity contribution in [1.82, 2.24) is 4.90 Å². The standard InChI is InChI=1S/C17H22BrNO3/c1-19-13-6-7-14(19)9-15(8-13)22-17(21)16(10-20)11-2-4-12(18)5-3-11/h2-5,13-16,20H,6-10H2,1H3/t13-,14+,15?,16-/m1/s1. The molecule has 3 rings (SSSR count). The minimum Gasteiger partial charge on any atom is -0.462 e. The maximum absolute atomic E-state index is 12.4.